The fourth-order valence-corrected chi connectivity index (χ4v) is 3.49. The first kappa shape index (κ1) is 17.3. The van der Waals surface area contributed by atoms with Gasteiger partial charge in [-0.3, -0.25) is 5.10 Å². The summed E-state index contributed by atoms with van der Waals surface area (Å²) in [6.07, 6.45) is 1.82. The molecular formula is C18H23FN4O2. The summed E-state index contributed by atoms with van der Waals surface area (Å²) >= 11 is 0. The lowest BCUT2D eigenvalue weighted by Crippen LogP contribution is -2.35. The third kappa shape index (κ3) is 3.18. The molecule has 1 atom stereocenters. The Morgan fingerprint density at radius 2 is 2.16 bits per heavy atom. The van der Waals surface area contributed by atoms with E-state index in [1.54, 1.807) is 11.0 Å². The number of nitrogens with one attached hydrogen (secondary N) is 2. The van der Waals surface area contributed by atoms with Crippen molar-refractivity contribution in [3.05, 3.63) is 40.5 Å². The number of amides is 2. The average molecular weight is 346 g/mol. The summed E-state index contributed by atoms with van der Waals surface area (Å²) in [7, 11) is 1.42. The fourth-order valence-electron chi connectivity index (χ4n) is 3.49. The quantitative estimate of drug-likeness (QED) is 0.887. The molecule has 134 valence electrons. The molecule has 2 aromatic rings. The first-order chi connectivity index (χ1) is 11.9. The predicted octanol–water partition coefficient (Wildman–Crippen LogP) is 3.85. The number of H-pyrrole nitrogens is 1. The van der Waals surface area contributed by atoms with Gasteiger partial charge in [0.1, 0.15) is 0 Å². The van der Waals surface area contributed by atoms with Crippen molar-refractivity contribution in [3.8, 4) is 5.75 Å². The summed E-state index contributed by atoms with van der Waals surface area (Å²) in [6.45, 7) is 6.38. The molecule has 6 nitrogen and oxygen atoms in total. The number of benzene rings is 1. The van der Waals surface area contributed by atoms with Gasteiger partial charge in [0.2, 0.25) is 0 Å². The maximum absolute atomic E-state index is 14.0. The molecule has 25 heavy (non-hydrogen) atoms. The zero-order valence-corrected chi connectivity index (χ0v) is 14.9. The Balaban J connectivity index is 1.82. The Labute approximate surface area is 146 Å². The van der Waals surface area contributed by atoms with Crippen LogP contribution in [0.5, 0.6) is 5.75 Å². The molecule has 2 N–H and O–H groups in total. The number of carbonyl (C=O) groups excluding carboxylic acids is 1. The predicted molar refractivity (Wildman–Crippen MR) is 93.5 cm³/mol. The number of aromatic amines is 1. The van der Waals surface area contributed by atoms with E-state index in [4.69, 9.17) is 4.74 Å². The molecule has 0 bridgehead atoms. The average Bonchev–Trinajstić information content (AvgIpc) is 3.17. The first-order valence-corrected chi connectivity index (χ1v) is 8.35. The van der Waals surface area contributed by atoms with Gasteiger partial charge in [0.15, 0.2) is 11.6 Å². The van der Waals surface area contributed by atoms with Crippen LogP contribution in [0.15, 0.2) is 12.1 Å². The highest BCUT2D eigenvalue weighted by Crippen LogP contribution is 2.35. The van der Waals surface area contributed by atoms with Crippen LogP contribution in [0.4, 0.5) is 14.9 Å². The lowest BCUT2D eigenvalue weighted by atomic mass is 10.0. The summed E-state index contributed by atoms with van der Waals surface area (Å²) < 4.78 is 18.9. The molecule has 1 aromatic carbocycles. The number of anilines is 1. The summed E-state index contributed by atoms with van der Waals surface area (Å²) in [4.78, 5) is 14.6. The van der Waals surface area contributed by atoms with Crippen LogP contribution in [0.1, 0.15) is 41.4 Å². The highest BCUT2D eigenvalue weighted by atomic mass is 19.1. The number of halogens is 1. The maximum atomic E-state index is 14.0. The topological polar surface area (TPSA) is 70.2 Å². The van der Waals surface area contributed by atoms with E-state index in [9.17, 15) is 9.18 Å². The molecule has 0 saturated carbocycles. The third-order valence-corrected chi connectivity index (χ3v) is 4.77. The van der Waals surface area contributed by atoms with Gasteiger partial charge in [-0.2, -0.15) is 5.10 Å². The Hall–Kier alpha value is -2.57. The van der Waals surface area contributed by atoms with Crippen molar-refractivity contribution in [1.82, 2.24) is 15.1 Å². The number of methoxy groups -OCH3 is 1. The fraction of sp³-hybridized carbons (Fsp3) is 0.444. The van der Waals surface area contributed by atoms with Crippen molar-refractivity contribution in [2.45, 2.75) is 39.7 Å². The van der Waals surface area contributed by atoms with E-state index in [1.165, 1.54) is 13.2 Å². The second-order valence-electron chi connectivity index (χ2n) is 6.43. The number of rotatable bonds is 3. The van der Waals surface area contributed by atoms with Crippen molar-refractivity contribution >= 4 is 11.7 Å². The summed E-state index contributed by atoms with van der Waals surface area (Å²) in [5, 5.41) is 10.1. The molecule has 0 spiro atoms. The van der Waals surface area contributed by atoms with Crippen molar-refractivity contribution in [3.63, 3.8) is 0 Å². The van der Waals surface area contributed by atoms with Gasteiger partial charge in [-0.1, -0.05) is 0 Å². The third-order valence-electron chi connectivity index (χ3n) is 4.77. The molecule has 0 aliphatic carbocycles. The van der Waals surface area contributed by atoms with E-state index in [0.717, 1.165) is 35.4 Å². The largest absolute Gasteiger partial charge is 0.494 e. The van der Waals surface area contributed by atoms with E-state index < -0.39 is 5.82 Å². The Morgan fingerprint density at radius 3 is 2.80 bits per heavy atom. The Kier molecular flexibility index (Phi) is 4.65. The zero-order valence-electron chi connectivity index (χ0n) is 14.9. The SMILES string of the molecule is COc1cc(C)c(NC(=O)N2CCC[C@@H]2c2c(C)n[nH]c2C)cc1F. The van der Waals surface area contributed by atoms with Crippen LogP contribution in [0.2, 0.25) is 0 Å². The van der Waals surface area contributed by atoms with Crippen LogP contribution < -0.4 is 10.1 Å². The van der Waals surface area contributed by atoms with E-state index in [2.05, 4.69) is 15.5 Å². The van der Waals surface area contributed by atoms with Gasteiger partial charge in [-0.05, 0) is 45.2 Å². The normalized spacial score (nSPS) is 17.0. The molecule has 1 fully saturated rings. The molecule has 0 unspecified atom stereocenters. The minimum absolute atomic E-state index is 0.0119. The second-order valence-corrected chi connectivity index (χ2v) is 6.43. The first-order valence-electron chi connectivity index (χ1n) is 8.35. The monoisotopic (exact) mass is 346 g/mol. The van der Waals surface area contributed by atoms with E-state index >= 15 is 0 Å². The number of hydrogen-bond acceptors (Lipinski definition) is 3. The Bertz CT molecular complexity index is 783. The van der Waals surface area contributed by atoms with Crippen LogP contribution in [-0.4, -0.2) is 34.8 Å². The van der Waals surface area contributed by atoms with Gasteiger partial charge < -0.3 is 15.0 Å². The smallest absolute Gasteiger partial charge is 0.322 e. The number of urea groups is 1. The number of nitrogens with zero attached hydrogens (tertiary/aromatic N) is 2. The van der Waals surface area contributed by atoms with Crippen molar-refractivity contribution < 1.29 is 13.9 Å². The van der Waals surface area contributed by atoms with E-state index in [1.807, 2.05) is 20.8 Å². The zero-order chi connectivity index (χ0) is 18.1. The Morgan fingerprint density at radius 1 is 1.40 bits per heavy atom. The standard InChI is InChI=1S/C18H23FN4O2/c1-10-8-16(25-4)13(19)9-14(10)20-18(24)23-7-5-6-15(23)17-11(2)21-22-12(17)3/h8-9,15H,5-7H2,1-4H3,(H,20,24)(H,21,22)/t15-/m1/s1. The van der Waals surface area contributed by atoms with Gasteiger partial charge in [-0.25, -0.2) is 9.18 Å². The molecule has 3 rings (SSSR count). The molecule has 0 radical (unpaired) electrons. The van der Waals surface area contributed by atoms with Gasteiger partial charge in [0, 0.05) is 29.6 Å². The van der Waals surface area contributed by atoms with Crippen LogP contribution in [0.3, 0.4) is 0 Å². The maximum Gasteiger partial charge on any atom is 0.322 e. The van der Waals surface area contributed by atoms with E-state index in [-0.39, 0.29) is 17.8 Å². The van der Waals surface area contributed by atoms with Crippen LogP contribution in [0.25, 0.3) is 0 Å². The highest BCUT2D eigenvalue weighted by Gasteiger charge is 2.33. The van der Waals surface area contributed by atoms with Crippen molar-refractivity contribution in [2.75, 3.05) is 19.0 Å². The van der Waals surface area contributed by atoms with Crippen molar-refractivity contribution in [1.29, 1.82) is 0 Å². The molecule has 7 heteroatoms. The minimum Gasteiger partial charge on any atom is -0.494 e. The number of hydrogen-bond donors (Lipinski definition) is 2. The lowest BCUT2D eigenvalue weighted by Gasteiger charge is -2.26. The second kappa shape index (κ2) is 6.74. The minimum atomic E-state index is -0.497. The van der Waals surface area contributed by atoms with Crippen LogP contribution in [0, 0.1) is 26.6 Å². The van der Waals surface area contributed by atoms with E-state index in [0.29, 0.717) is 12.2 Å². The molecular weight excluding hydrogens is 323 g/mol. The summed E-state index contributed by atoms with van der Waals surface area (Å²) in [5.74, 6) is -0.331. The van der Waals surface area contributed by atoms with Gasteiger partial charge >= 0.3 is 6.03 Å². The number of ether oxygens (including phenoxy) is 1. The van der Waals surface area contributed by atoms with Gasteiger partial charge in [0.05, 0.1) is 18.8 Å². The number of aryl methyl sites for hydroxylation is 3. The molecule has 2 amide bonds. The van der Waals surface area contributed by atoms with Gasteiger partial charge in [0.25, 0.3) is 0 Å². The molecule has 1 aliphatic heterocycles. The molecule has 1 aromatic heterocycles. The summed E-state index contributed by atoms with van der Waals surface area (Å²) in [6, 6.07) is 2.64. The number of carbonyl (C=O) groups is 1. The molecule has 1 saturated heterocycles. The molecule has 2 heterocycles. The van der Waals surface area contributed by atoms with Crippen LogP contribution >= 0.6 is 0 Å². The lowest BCUT2D eigenvalue weighted by molar-refractivity contribution is 0.207. The highest BCUT2D eigenvalue weighted by molar-refractivity contribution is 5.90. The summed E-state index contributed by atoms with van der Waals surface area (Å²) in [5.41, 5.74) is 4.17. The number of likely N-dealkylation sites (tertiary alicyclic amines) is 1. The van der Waals surface area contributed by atoms with Crippen LogP contribution in [-0.2, 0) is 0 Å². The van der Waals surface area contributed by atoms with Gasteiger partial charge in [-0.15, -0.1) is 0 Å². The molecule has 1 aliphatic rings. The number of aromatic nitrogens is 2. The van der Waals surface area contributed by atoms with Crippen molar-refractivity contribution in [2.24, 2.45) is 0 Å².